The summed E-state index contributed by atoms with van der Waals surface area (Å²) in [6, 6.07) is 4.69. The second-order valence-corrected chi connectivity index (χ2v) is 10.8. The van der Waals surface area contributed by atoms with Gasteiger partial charge in [0, 0.05) is 44.6 Å². The summed E-state index contributed by atoms with van der Waals surface area (Å²) in [5.74, 6) is -0.331. The molecule has 0 unspecified atom stereocenters. The molecule has 13 heteroatoms. The molecule has 0 aromatic carbocycles. The number of nitrogens with zero attached hydrogens (tertiary/aromatic N) is 5. The van der Waals surface area contributed by atoms with Crippen LogP contribution in [0.15, 0.2) is 42.9 Å². The van der Waals surface area contributed by atoms with Crippen LogP contribution in [0.5, 0.6) is 0 Å². The highest BCUT2D eigenvalue weighted by Gasteiger charge is 2.32. The minimum absolute atomic E-state index is 0.0974. The monoisotopic (exact) mass is 491 g/mol. The van der Waals surface area contributed by atoms with E-state index in [0.717, 1.165) is 24.2 Å². The van der Waals surface area contributed by atoms with Crippen LogP contribution in [0.3, 0.4) is 0 Å². The van der Waals surface area contributed by atoms with Gasteiger partial charge in [0.15, 0.2) is 5.76 Å². The lowest BCUT2D eigenvalue weighted by atomic mass is 10.3. The molecule has 2 saturated heterocycles. The van der Waals surface area contributed by atoms with Crippen molar-refractivity contribution in [1.82, 2.24) is 24.3 Å². The lowest BCUT2D eigenvalue weighted by molar-refractivity contribution is 0.0665. The number of hydrogen-bond donors (Lipinski definition) is 0. The van der Waals surface area contributed by atoms with Crippen LogP contribution < -0.4 is 0 Å². The third kappa shape index (κ3) is 4.18. The van der Waals surface area contributed by atoms with E-state index in [9.17, 15) is 18.0 Å². The van der Waals surface area contributed by atoms with Crippen molar-refractivity contribution in [3.63, 3.8) is 0 Å². The number of furan rings is 1. The molecule has 0 spiro atoms. The predicted molar refractivity (Wildman–Crippen MR) is 116 cm³/mol. The van der Waals surface area contributed by atoms with Crippen LogP contribution in [0, 0.1) is 0 Å². The number of carbonyl (C=O) groups excluding carboxylic acids is 2. The quantitative estimate of drug-likeness (QED) is 0.528. The number of aromatic nitrogens is 2. The SMILES string of the molecule is O=C(c1ccco1)N1CCN(S(=O)(=O)c2cc(-c3nnc(C(=O)N4CCCC4)o3)cs2)CC1. The van der Waals surface area contributed by atoms with Crippen molar-refractivity contribution < 1.29 is 26.8 Å². The van der Waals surface area contributed by atoms with Gasteiger partial charge in [-0.05, 0) is 31.0 Å². The number of carbonyl (C=O) groups is 2. The van der Waals surface area contributed by atoms with Crippen LogP contribution in [0.1, 0.15) is 34.1 Å². The van der Waals surface area contributed by atoms with Gasteiger partial charge in [-0.1, -0.05) is 0 Å². The molecule has 0 radical (unpaired) electrons. The van der Waals surface area contributed by atoms with E-state index in [0.29, 0.717) is 18.7 Å². The Morgan fingerprint density at radius 3 is 2.39 bits per heavy atom. The van der Waals surface area contributed by atoms with Crippen LogP contribution in [0.4, 0.5) is 0 Å². The molecule has 0 aliphatic carbocycles. The van der Waals surface area contributed by atoms with E-state index in [2.05, 4.69) is 10.2 Å². The van der Waals surface area contributed by atoms with Crippen molar-refractivity contribution in [2.24, 2.45) is 0 Å². The zero-order valence-electron chi connectivity index (χ0n) is 17.5. The highest BCUT2D eigenvalue weighted by atomic mass is 32.2. The number of amides is 2. The molecular formula is C20H21N5O6S2. The first kappa shape index (κ1) is 21.8. The van der Waals surface area contributed by atoms with E-state index in [1.54, 1.807) is 27.3 Å². The van der Waals surface area contributed by atoms with Gasteiger partial charge in [-0.25, -0.2) is 8.42 Å². The lowest BCUT2D eigenvalue weighted by Gasteiger charge is -2.33. The fourth-order valence-corrected chi connectivity index (χ4v) is 6.59. The van der Waals surface area contributed by atoms with Gasteiger partial charge in [-0.3, -0.25) is 9.59 Å². The molecule has 2 amide bonds. The normalized spacial score (nSPS) is 17.6. The number of likely N-dealkylation sites (tertiary alicyclic amines) is 1. The van der Waals surface area contributed by atoms with E-state index in [1.165, 1.54) is 16.6 Å². The van der Waals surface area contributed by atoms with Crippen molar-refractivity contribution in [3.05, 3.63) is 41.5 Å². The van der Waals surface area contributed by atoms with E-state index in [-0.39, 0.29) is 59.7 Å². The predicted octanol–water partition coefficient (Wildman–Crippen LogP) is 1.77. The molecule has 3 aromatic heterocycles. The Hall–Kier alpha value is -3.03. The number of thiophene rings is 1. The summed E-state index contributed by atoms with van der Waals surface area (Å²) in [4.78, 5) is 28.0. The maximum atomic E-state index is 13.1. The number of rotatable bonds is 5. The summed E-state index contributed by atoms with van der Waals surface area (Å²) in [6.07, 6.45) is 3.32. The molecule has 0 N–H and O–H groups in total. The van der Waals surface area contributed by atoms with Gasteiger partial charge in [0.05, 0.1) is 11.8 Å². The van der Waals surface area contributed by atoms with Crippen molar-refractivity contribution in [2.45, 2.75) is 17.1 Å². The largest absolute Gasteiger partial charge is 0.459 e. The van der Waals surface area contributed by atoms with Crippen LogP contribution in [-0.4, -0.2) is 83.8 Å². The van der Waals surface area contributed by atoms with E-state index < -0.39 is 10.0 Å². The Morgan fingerprint density at radius 1 is 0.970 bits per heavy atom. The molecule has 11 nitrogen and oxygen atoms in total. The molecule has 3 aromatic rings. The van der Waals surface area contributed by atoms with Gasteiger partial charge in [-0.15, -0.1) is 21.5 Å². The van der Waals surface area contributed by atoms with Crippen LogP contribution in [0.2, 0.25) is 0 Å². The summed E-state index contributed by atoms with van der Waals surface area (Å²) in [5, 5.41) is 9.37. The molecule has 174 valence electrons. The van der Waals surface area contributed by atoms with Gasteiger partial charge < -0.3 is 18.6 Å². The Kier molecular flexibility index (Phi) is 5.76. The first-order chi connectivity index (χ1) is 15.9. The van der Waals surface area contributed by atoms with Crippen molar-refractivity contribution in [2.75, 3.05) is 39.3 Å². The lowest BCUT2D eigenvalue weighted by Crippen LogP contribution is -2.50. The van der Waals surface area contributed by atoms with Gasteiger partial charge >= 0.3 is 11.8 Å². The molecule has 0 atom stereocenters. The van der Waals surface area contributed by atoms with E-state index >= 15 is 0 Å². The molecular weight excluding hydrogens is 470 g/mol. The van der Waals surface area contributed by atoms with Crippen LogP contribution >= 0.6 is 11.3 Å². The van der Waals surface area contributed by atoms with Crippen molar-refractivity contribution >= 4 is 33.2 Å². The second kappa shape index (κ2) is 8.72. The average Bonchev–Trinajstić information content (AvgIpc) is 3.65. The number of sulfonamides is 1. The molecule has 2 aliphatic rings. The zero-order chi connectivity index (χ0) is 23.0. The minimum Gasteiger partial charge on any atom is -0.459 e. The summed E-state index contributed by atoms with van der Waals surface area (Å²) in [7, 11) is -3.75. The Labute approximate surface area is 193 Å². The fraction of sp³-hybridized carbons (Fsp3) is 0.400. The Balaban J connectivity index is 1.26. The van der Waals surface area contributed by atoms with Crippen LogP contribution in [-0.2, 0) is 10.0 Å². The standard InChI is InChI=1S/C20H21N5O6S2/c26-19(15-4-3-11-30-15)24-7-9-25(10-8-24)33(28,29)16-12-14(13-32-16)17-21-22-18(31-17)20(27)23-5-1-2-6-23/h3-4,11-13H,1-2,5-10H2. The molecule has 5 rings (SSSR count). The molecule has 2 fully saturated rings. The first-order valence-corrected chi connectivity index (χ1v) is 12.8. The molecule has 2 aliphatic heterocycles. The van der Waals surface area contributed by atoms with Gasteiger partial charge in [-0.2, -0.15) is 4.31 Å². The molecule has 33 heavy (non-hydrogen) atoms. The number of piperazine rings is 1. The highest BCUT2D eigenvalue weighted by Crippen LogP contribution is 2.30. The average molecular weight is 492 g/mol. The Morgan fingerprint density at radius 2 is 1.70 bits per heavy atom. The topological polar surface area (TPSA) is 130 Å². The third-order valence-corrected chi connectivity index (χ3v) is 8.99. The maximum Gasteiger partial charge on any atom is 0.311 e. The summed E-state index contributed by atoms with van der Waals surface area (Å²) in [5.41, 5.74) is 0.443. The van der Waals surface area contributed by atoms with Crippen LogP contribution in [0.25, 0.3) is 11.5 Å². The molecule has 0 bridgehead atoms. The van der Waals surface area contributed by atoms with Gasteiger partial charge in [0.1, 0.15) is 4.21 Å². The highest BCUT2D eigenvalue weighted by molar-refractivity contribution is 7.91. The Bertz CT molecular complexity index is 1250. The third-order valence-electron chi connectivity index (χ3n) is 5.68. The van der Waals surface area contributed by atoms with Gasteiger partial charge in [0.25, 0.3) is 15.9 Å². The first-order valence-electron chi connectivity index (χ1n) is 10.5. The molecule has 0 saturated carbocycles. The van der Waals surface area contributed by atoms with Crippen molar-refractivity contribution in [1.29, 1.82) is 0 Å². The molecule has 5 heterocycles. The van der Waals surface area contributed by atoms with Gasteiger partial charge in [0.2, 0.25) is 5.89 Å². The van der Waals surface area contributed by atoms with E-state index in [1.807, 2.05) is 0 Å². The maximum absolute atomic E-state index is 13.1. The minimum atomic E-state index is -3.75. The smallest absolute Gasteiger partial charge is 0.311 e. The fourth-order valence-electron chi connectivity index (χ4n) is 3.86. The second-order valence-electron chi connectivity index (χ2n) is 7.74. The summed E-state index contributed by atoms with van der Waals surface area (Å²) in [6.45, 7) is 2.22. The number of hydrogen-bond acceptors (Lipinski definition) is 9. The van der Waals surface area contributed by atoms with Crippen molar-refractivity contribution in [3.8, 4) is 11.5 Å². The summed E-state index contributed by atoms with van der Waals surface area (Å²) < 4.78 is 38.4. The van der Waals surface area contributed by atoms with E-state index in [4.69, 9.17) is 8.83 Å². The zero-order valence-corrected chi connectivity index (χ0v) is 19.2. The summed E-state index contributed by atoms with van der Waals surface area (Å²) >= 11 is 1.04.